The summed E-state index contributed by atoms with van der Waals surface area (Å²) in [5.41, 5.74) is 1.14. The fraction of sp³-hybridized carbons (Fsp3) is 0.727. The Morgan fingerprint density at radius 2 is 1.86 bits per heavy atom. The van der Waals surface area contributed by atoms with Crippen LogP contribution in [0.2, 0.25) is 0 Å². The topological polar surface area (TPSA) is 40.5 Å². The monoisotopic (exact) mass is 199 g/mol. The minimum absolute atomic E-state index is 0.217. The fourth-order valence-corrected chi connectivity index (χ4v) is 1.20. The standard InChI is InChI=1S/C11H21NO2/c1-9(2)5-7-12(10(3)4)8-6-11(13)14/h10H,1,5-8H2,2-4H3,(H,13,14). The first-order chi connectivity index (χ1) is 6.43. The van der Waals surface area contributed by atoms with E-state index in [4.69, 9.17) is 5.11 Å². The van der Waals surface area contributed by atoms with Crippen molar-refractivity contribution in [2.75, 3.05) is 13.1 Å². The van der Waals surface area contributed by atoms with Crippen LogP contribution in [0.4, 0.5) is 0 Å². The van der Waals surface area contributed by atoms with Gasteiger partial charge in [0.25, 0.3) is 0 Å². The molecule has 1 N–H and O–H groups in total. The lowest BCUT2D eigenvalue weighted by molar-refractivity contribution is -0.137. The molecular weight excluding hydrogens is 178 g/mol. The van der Waals surface area contributed by atoms with Crippen LogP contribution in [0, 0.1) is 0 Å². The maximum Gasteiger partial charge on any atom is 0.304 e. The summed E-state index contributed by atoms with van der Waals surface area (Å²) in [6, 6.07) is 0.397. The van der Waals surface area contributed by atoms with E-state index in [9.17, 15) is 4.79 Å². The van der Waals surface area contributed by atoms with Gasteiger partial charge in [0.1, 0.15) is 0 Å². The molecule has 0 saturated carbocycles. The van der Waals surface area contributed by atoms with Gasteiger partial charge in [0.2, 0.25) is 0 Å². The Kier molecular flexibility index (Phi) is 6.21. The lowest BCUT2D eigenvalue weighted by Crippen LogP contribution is -2.33. The second-order valence-electron chi connectivity index (χ2n) is 3.98. The maximum atomic E-state index is 10.4. The molecule has 0 saturated heterocycles. The largest absolute Gasteiger partial charge is 0.481 e. The van der Waals surface area contributed by atoms with Gasteiger partial charge in [-0.25, -0.2) is 0 Å². The van der Waals surface area contributed by atoms with Crippen molar-refractivity contribution in [2.24, 2.45) is 0 Å². The summed E-state index contributed by atoms with van der Waals surface area (Å²) >= 11 is 0. The normalized spacial score (nSPS) is 10.9. The van der Waals surface area contributed by atoms with Gasteiger partial charge in [-0.15, -0.1) is 6.58 Å². The maximum absolute atomic E-state index is 10.4. The summed E-state index contributed by atoms with van der Waals surface area (Å²) in [7, 11) is 0. The van der Waals surface area contributed by atoms with Crippen molar-refractivity contribution in [2.45, 2.75) is 39.7 Å². The summed E-state index contributed by atoms with van der Waals surface area (Å²) in [6.07, 6.45) is 1.16. The van der Waals surface area contributed by atoms with E-state index in [1.54, 1.807) is 0 Å². The molecule has 0 bridgehead atoms. The average Bonchev–Trinajstić information content (AvgIpc) is 2.02. The minimum atomic E-state index is -0.731. The van der Waals surface area contributed by atoms with Crippen molar-refractivity contribution >= 4 is 5.97 Å². The molecule has 0 aliphatic carbocycles. The van der Waals surface area contributed by atoms with E-state index in [0.29, 0.717) is 12.6 Å². The third kappa shape index (κ3) is 6.66. The second-order valence-corrected chi connectivity index (χ2v) is 3.98. The quantitative estimate of drug-likeness (QED) is 0.639. The Hall–Kier alpha value is -0.830. The number of nitrogens with zero attached hydrogens (tertiary/aromatic N) is 1. The van der Waals surface area contributed by atoms with Gasteiger partial charge in [-0.3, -0.25) is 4.79 Å². The molecular formula is C11H21NO2. The van der Waals surface area contributed by atoms with Crippen molar-refractivity contribution < 1.29 is 9.90 Å². The summed E-state index contributed by atoms with van der Waals surface area (Å²) < 4.78 is 0. The number of aliphatic carboxylic acids is 1. The van der Waals surface area contributed by atoms with Gasteiger partial charge in [0, 0.05) is 19.1 Å². The van der Waals surface area contributed by atoms with E-state index in [2.05, 4.69) is 25.3 Å². The predicted octanol–water partition coefficient (Wildman–Crippen LogP) is 2.14. The zero-order chi connectivity index (χ0) is 11.1. The van der Waals surface area contributed by atoms with Crippen molar-refractivity contribution in [3.05, 3.63) is 12.2 Å². The van der Waals surface area contributed by atoms with E-state index >= 15 is 0 Å². The second kappa shape index (κ2) is 6.60. The van der Waals surface area contributed by atoms with Gasteiger partial charge >= 0.3 is 5.97 Å². The van der Waals surface area contributed by atoms with E-state index in [1.165, 1.54) is 0 Å². The number of hydrogen-bond donors (Lipinski definition) is 1. The first kappa shape index (κ1) is 13.2. The summed E-state index contributed by atoms with van der Waals surface area (Å²) in [5, 5.41) is 8.58. The van der Waals surface area contributed by atoms with Gasteiger partial charge < -0.3 is 10.0 Å². The molecule has 3 heteroatoms. The van der Waals surface area contributed by atoms with Crippen molar-refractivity contribution in [3.63, 3.8) is 0 Å². The Labute approximate surface area is 86.4 Å². The number of rotatable bonds is 7. The highest BCUT2D eigenvalue weighted by atomic mass is 16.4. The van der Waals surface area contributed by atoms with Crippen molar-refractivity contribution in [1.29, 1.82) is 0 Å². The van der Waals surface area contributed by atoms with Crippen LogP contribution in [-0.2, 0) is 4.79 Å². The Morgan fingerprint density at radius 1 is 1.36 bits per heavy atom. The molecule has 0 aliphatic heterocycles. The van der Waals surface area contributed by atoms with Crippen LogP contribution in [0.5, 0.6) is 0 Å². The third-order valence-electron chi connectivity index (χ3n) is 2.17. The molecule has 0 aliphatic rings. The van der Waals surface area contributed by atoms with Crippen LogP contribution in [0.1, 0.15) is 33.6 Å². The van der Waals surface area contributed by atoms with E-state index in [1.807, 2.05) is 6.92 Å². The highest BCUT2D eigenvalue weighted by Crippen LogP contribution is 2.04. The van der Waals surface area contributed by atoms with Crippen LogP contribution in [0.15, 0.2) is 12.2 Å². The Bertz CT molecular complexity index is 181. The third-order valence-corrected chi connectivity index (χ3v) is 2.17. The smallest absolute Gasteiger partial charge is 0.304 e. The van der Waals surface area contributed by atoms with E-state index < -0.39 is 5.97 Å². The van der Waals surface area contributed by atoms with Gasteiger partial charge in [0.15, 0.2) is 0 Å². The summed E-state index contributed by atoms with van der Waals surface area (Å²) in [5.74, 6) is -0.731. The Balaban J connectivity index is 3.89. The summed E-state index contributed by atoms with van der Waals surface area (Å²) in [4.78, 5) is 12.6. The molecule has 0 amide bonds. The molecule has 0 aromatic carbocycles. The molecule has 14 heavy (non-hydrogen) atoms. The highest BCUT2D eigenvalue weighted by Gasteiger charge is 2.10. The summed E-state index contributed by atoms with van der Waals surface area (Å²) in [6.45, 7) is 11.5. The predicted molar refractivity (Wildman–Crippen MR) is 58.4 cm³/mol. The fourth-order valence-electron chi connectivity index (χ4n) is 1.20. The van der Waals surface area contributed by atoms with Crippen molar-refractivity contribution in [1.82, 2.24) is 4.90 Å². The lowest BCUT2D eigenvalue weighted by Gasteiger charge is -2.25. The molecule has 82 valence electrons. The van der Waals surface area contributed by atoms with Crippen molar-refractivity contribution in [3.8, 4) is 0 Å². The average molecular weight is 199 g/mol. The molecule has 0 unspecified atom stereocenters. The Morgan fingerprint density at radius 3 is 2.21 bits per heavy atom. The van der Waals surface area contributed by atoms with Crippen LogP contribution >= 0.6 is 0 Å². The highest BCUT2D eigenvalue weighted by molar-refractivity contribution is 5.66. The van der Waals surface area contributed by atoms with Crippen LogP contribution in [0.25, 0.3) is 0 Å². The SMILES string of the molecule is C=C(C)CCN(CCC(=O)O)C(C)C. The first-order valence-corrected chi connectivity index (χ1v) is 5.03. The molecule has 0 rings (SSSR count). The van der Waals surface area contributed by atoms with Crippen LogP contribution in [-0.4, -0.2) is 35.1 Å². The molecule has 0 spiro atoms. The molecule has 3 nitrogen and oxygen atoms in total. The van der Waals surface area contributed by atoms with Gasteiger partial charge in [-0.1, -0.05) is 5.57 Å². The number of hydrogen-bond acceptors (Lipinski definition) is 2. The number of carboxylic acid groups (broad SMARTS) is 1. The molecule has 0 aromatic heterocycles. The van der Waals surface area contributed by atoms with Gasteiger partial charge in [-0.05, 0) is 27.2 Å². The minimum Gasteiger partial charge on any atom is -0.481 e. The zero-order valence-corrected chi connectivity index (χ0v) is 9.42. The number of carboxylic acids is 1. The molecule has 0 heterocycles. The van der Waals surface area contributed by atoms with E-state index in [-0.39, 0.29) is 6.42 Å². The van der Waals surface area contributed by atoms with Gasteiger partial charge in [-0.2, -0.15) is 0 Å². The van der Waals surface area contributed by atoms with Crippen LogP contribution < -0.4 is 0 Å². The molecule has 0 fully saturated rings. The molecule has 0 atom stereocenters. The first-order valence-electron chi connectivity index (χ1n) is 5.03. The molecule has 0 radical (unpaired) electrons. The van der Waals surface area contributed by atoms with Gasteiger partial charge in [0.05, 0.1) is 6.42 Å². The molecule has 0 aromatic rings. The zero-order valence-electron chi connectivity index (χ0n) is 9.42. The lowest BCUT2D eigenvalue weighted by atomic mass is 10.2. The van der Waals surface area contributed by atoms with E-state index in [0.717, 1.165) is 18.5 Å². The van der Waals surface area contributed by atoms with Crippen LogP contribution in [0.3, 0.4) is 0 Å². The number of carbonyl (C=O) groups is 1.